The van der Waals surface area contributed by atoms with Crippen molar-refractivity contribution in [3.8, 4) is 5.69 Å². The summed E-state index contributed by atoms with van der Waals surface area (Å²) < 4.78 is 21.6. The monoisotopic (exact) mass is 542 g/mol. The molecular weight excluding hydrogens is 511 g/mol. The fourth-order valence-electron chi connectivity index (χ4n) is 4.59. The highest BCUT2D eigenvalue weighted by Crippen LogP contribution is 2.32. The van der Waals surface area contributed by atoms with Crippen LogP contribution in [0, 0.1) is 5.82 Å². The third kappa shape index (κ3) is 5.22. The van der Waals surface area contributed by atoms with Crippen LogP contribution >= 0.6 is 11.6 Å². The van der Waals surface area contributed by atoms with Gasteiger partial charge in [0.25, 0.3) is 0 Å². The molecule has 38 heavy (non-hydrogen) atoms. The van der Waals surface area contributed by atoms with Gasteiger partial charge >= 0.3 is 11.8 Å². The van der Waals surface area contributed by atoms with Gasteiger partial charge in [0, 0.05) is 37.4 Å². The van der Waals surface area contributed by atoms with E-state index in [-0.39, 0.29) is 28.6 Å². The number of halogens is 2. The zero-order valence-corrected chi connectivity index (χ0v) is 23.2. The van der Waals surface area contributed by atoms with Crippen molar-refractivity contribution in [1.82, 2.24) is 24.4 Å². The van der Waals surface area contributed by atoms with Crippen LogP contribution in [0.3, 0.4) is 0 Å². The number of carbonyl (C=O) groups excluding carboxylic acids is 1. The van der Waals surface area contributed by atoms with E-state index in [9.17, 15) is 14.0 Å². The third-order valence-electron chi connectivity index (χ3n) is 6.28. The van der Waals surface area contributed by atoms with Crippen LogP contribution in [0.25, 0.3) is 22.8 Å². The van der Waals surface area contributed by atoms with E-state index in [0.29, 0.717) is 42.0 Å². The highest BCUT2D eigenvalue weighted by Gasteiger charge is 2.32. The number of carbonyl (C=O) groups is 1. The topological polar surface area (TPSA) is 93.5 Å². The molecule has 0 aliphatic carbocycles. The van der Waals surface area contributed by atoms with E-state index in [1.807, 2.05) is 46.4 Å². The molecule has 1 amide bonds. The Balaban J connectivity index is 1.87. The molecule has 0 spiro atoms. The van der Waals surface area contributed by atoms with Crippen molar-refractivity contribution in [1.29, 1.82) is 0 Å². The number of aromatic nitrogens is 4. The van der Waals surface area contributed by atoms with E-state index in [2.05, 4.69) is 21.5 Å². The number of pyridine rings is 2. The van der Waals surface area contributed by atoms with Gasteiger partial charge in [-0.25, -0.2) is 23.5 Å². The van der Waals surface area contributed by atoms with Crippen molar-refractivity contribution in [2.24, 2.45) is 0 Å². The standard InChI is InChI=1S/C27H32ClFN6O3/c1-8-17-9-10-30-20(15(2)3)21(17)35-24-18(13-19(29)22(28)31-24)23(32-25(35)36)34-12-11-33(14-16(34)4)26(37)38-27(5,6)7/h8-10,13,15-16H,1,11-12,14H2,2-7H3/t16-/m0/s1. The highest BCUT2D eigenvalue weighted by atomic mass is 35.5. The molecular formula is C27H32ClFN6O3. The van der Waals surface area contributed by atoms with Gasteiger partial charge in [0.2, 0.25) is 0 Å². The SMILES string of the molecule is C=Cc1ccnc(C(C)C)c1-n1c(=O)nc(N2CCN(C(=O)OC(C)(C)C)C[C@@H]2C)c2cc(F)c(Cl)nc21. The van der Waals surface area contributed by atoms with Crippen molar-refractivity contribution in [3.05, 3.63) is 57.6 Å². The zero-order valence-electron chi connectivity index (χ0n) is 22.5. The summed E-state index contributed by atoms with van der Waals surface area (Å²) in [6.07, 6.45) is 2.86. The van der Waals surface area contributed by atoms with Crippen LogP contribution in [0.5, 0.6) is 0 Å². The molecule has 1 aliphatic rings. The van der Waals surface area contributed by atoms with Crippen LogP contribution < -0.4 is 10.6 Å². The van der Waals surface area contributed by atoms with Gasteiger partial charge in [-0.15, -0.1) is 0 Å². The van der Waals surface area contributed by atoms with E-state index in [1.54, 1.807) is 23.2 Å². The Morgan fingerprint density at radius 3 is 2.61 bits per heavy atom. The lowest BCUT2D eigenvalue weighted by molar-refractivity contribution is 0.0218. The summed E-state index contributed by atoms with van der Waals surface area (Å²) in [7, 11) is 0. The molecule has 1 atom stereocenters. The molecule has 9 nitrogen and oxygen atoms in total. The maximum absolute atomic E-state index is 14.8. The second-order valence-electron chi connectivity index (χ2n) is 10.6. The summed E-state index contributed by atoms with van der Waals surface area (Å²) in [6, 6.07) is 2.74. The molecule has 3 aromatic rings. The van der Waals surface area contributed by atoms with Crippen molar-refractivity contribution < 1.29 is 13.9 Å². The fraction of sp³-hybridized carbons (Fsp3) is 0.444. The molecule has 0 N–H and O–H groups in total. The first-order valence-electron chi connectivity index (χ1n) is 12.5. The quantitative estimate of drug-likeness (QED) is 0.419. The zero-order chi connectivity index (χ0) is 27.9. The van der Waals surface area contributed by atoms with Crippen LogP contribution in [0.2, 0.25) is 5.15 Å². The largest absolute Gasteiger partial charge is 0.444 e. The molecule has 11 heteroatoms. The van der Waals surface area contributed by atoms with Crippen molar-refractivity contribution in [3.63, 3.8) is 0 Å². The number of ether oxygens (including phenoxy) is 1. The van der Waals surface area contributed by atoms with E-state index < -0.39 is 23.2 Å². The van der Waals surface area contributed by atoms with E-state index >= 15 is 0 Å². The molecule has 4 heterocycles. The number of hydrogen-bond donors (Lipinski definition) is 0. The van der Waals surface area contributed by atoms with Gasteiger partial charge in [-0.05, 0) is 45.7 Å². The summed E-state index contributed by atoms with van der Waals surface area (Å²) in [4.78, 5) is 43.0. The van der Waals surface area contributed by atoms with Gasteiger partial charge in [-0.2, -0.15) is 4.98 Å². The van der Waals surface area contributed by atoms with Crippen LogP contribution in [-0.4, -0.2) is 61.8 Å². The first kappa shape index (κ1) is 27.5. The second-order valence-corrected chi connectivity index (χ2v) is 11.0. The predicted molar refractivity (Wildman–Crippen MR) is 147 cm³/mol. The Hall–Kier alpha value is -3.53. The Morgan fingerprint density at radius 1 is 1.29 bits per heavy atom. The minimum Gasteiger partial charge on any atom is -0.444 e. The van der Waals surface area contributed by atoms with Gasteiger partial charge in [0.1, 0.15) is 11.4 Å². The molecule has 4 rings (SSSR count). The molecule has 202 valence electrons. The van der Waals surface area contributed by atoms with E-state index in [1.165, 1.54) is 10.6 Å². The van der Waals surface area contributed by atoms with Gasteiger partial charge in [0.05, 0.1) is 16.8 Å². The molecule has 3 aromatic heterocycles. The average molecular weight is 543 g/mol. The number of amides is 1. The average Bonchev–Trinajstić information content (AvgIpc) is 2.83. The van der Waals surface area contributed by atoms with Gasteiger partial charge in [0.15, 0.2) is 16.6 Å². The Labute approximate surface area is 225 Å². The summed E-state index contributed by atoms with van der Waals surface area (Å²) in [5, 5.41) is -0.0432. The lowest BCUT2D eigenvalue weighted by Crippen LogP contribution is -2.55. The molecule has 0 unspecified atom stereocenters. The van der Waals surface area contributed by atoms with Gasteiger partial charge in [-0.3, -0.25) is 4.98 Å². The smallest absolute Gasteiger partial charge is 0.410 e. The van der Waals surface area contributed by atoms with E-state index in [0.717, 1.165) is 0 Å². The minimum absolute atomic E-state index is 0.0385. The van der Waals surface area contributed by atoms with Crippen LogP contribution in [0.4, 0.5) is 15.0 Å². The van der Waals surface area contributed by atoms with Gasteiger partial charge < -0.3 is 14.5 Å². The molecule has 1 saturated heterocycles. The third-order valence-corrected chi connectivity index (χ3v) is 6.55. The molecule has 1 aliphatic heterocycles. The molecule has 0 radical (unpaired) electrons. The maximum atomic E-state index is 14.8. The molecule has 1 fully saturated rings. The number of hydrogen-bond acceptors (Lipinski definition) is 7. The predicted octanol–water partition coefficient (Wildman–Crippen LogP) is 5.18. The Bertz CT molecular complexity index is 1470. The first-order chi connectivity index (χ1) is 17.8. The number of piperazine rings is 1. The van der Waals surface area contributed by atoms with Crippen LogP contribution in [-0.2, 0) is 4.74 Å². The molecule has 0 saturated carbocycles. The lowest BCUT2D eigenvalue weighted by atomic mass is 10.0. The number of anilines is 1. The van der Waals surface area contributed by atoms with E-state index in [4.69, 9.17) is 16.3 Å². The summed E-state index contributed by atoms with van der Waals surface area (Å²) >= 11 is 6.12. The summed E-state index contributed by atoms with van der Waals surface area (Å²) in [6.45, 7) is 16.2. The normalized spacial score (nSPS) is 16.3. The number of fused-ring (bicyclic) bond motifs is 1. The summed E-state index contributed by atoms with van der Waals surface area (Å²) in [5.41, 5.74) is 0.705. The second kappa shape index (κ2) is 10.3. The number of rotatable bonds is 4. The van der Waals surface area contributed by atoms with Crippen molar-refractivity contribution in [2.75, 3.05) is 24.5 Å². The van der Waals surface area contributed by atoms with Crippen molar-refractivity contribution >= 4 is 40.6 Å². The fourth-order valence-corrected chi connectivity index (χ4v) is 4.72. The molecule has 0 bridgehead atoms. The number of nitrogens with zero attached hydrogens (tertiary/aromatic N) is 6. The maximum Gasteiger partial charge on any atom is 0.410 e. The Morgan fingerprint density at radius 2 is 2.00 bits per heavy atom. The Kier molecular flexibility index (Phi) is 7.47. The highest BCUT2D eigenvalue weighted by molar-refractivity contribution is 6.30. The minimum atomic E-state index is -0.730. The van der Waals surface area contributed by atoms with Crippen LogP contribution in [0.15, 0.2) is 29.7 Å². The first-order valence-corrected chi connectivity index (χ1v) is 12.8. The summed E-state index contributed by atoms with van der Waals surface area (Å²) in [5.74, 6) is -0.495. The molecule has 0 aromatic carbocycles. The van der Waals surface area contributed by atoms with Crippen molar-refractivity contribution in [2.45, 2.75) is 59.1 Å². The van der Waals surface area contributed by atoms with Gasteiger partial charge in [-0.1, -0.05) is 38.1 Å². The van der Waals surface area contributed by atoms with Crippen LogP contribution in [0.1, 0.15) is 58.7 Å². The lowest BCUT2D eigenvalue weighted by Gasteiger charge is -2.41.